The van der Waals surface area contributed by atoms with Crippen molar-refractivity contribution in [3.8, 4) is 0 Å². The van der Waals surface area contributed by atoms with Crippen LogP contribution in [0.25, 0.3) is 0 Å². The summed E-state index contributed by atoms with van der Waals surface area (Å²) in [5.41, 5.74) is 0.959. The molecule has 4 nitrogen and oxygen atoms in total. The molecule has 0 aliphatic carbocycles. The SMILES string of the molecule is O=C(CCc1ccc(F)cc1)NCCC1OCCCO1. The highest BCUT2D eigenvalue weighted by molar-refractivity contribution is 5.76. The van der Waals surface area contributed by atoms with Gasteiger partial charge in [-0.25, -0.2) is 4.39 Å². The highest BCUT2D eigenvalue weighted by atomic mass is 19.1. The van der Waals surface area contributed by atoms with E-state index >= 15 is 0 Å². The van der Waals surface area contributed by atoms with Crippen molar-refractivity contribution in [2.75, 3.05) is 19.8 Å². The number of aryl methyl sites for hydroxylation is 1. The van der Waals surface area contributed by atoms with Crippen molar-refractivity contribution in [1.82, 2.24) is 5.32 Å². The van der Waals surface area contributed by atoms with E-state index in [-0.39, 0.29) is 18.0 Å². The lowest BCUT2D eigenvalue weighted by atomic mass is 10.1. The summed E-state index contributed by atoms with van der Waals surface area (Å²) in [7, 11) is 0. The molecule has 20 heavy (non-hydrogen) atoms. The molecule has 0 aromatic heterocycles. The number of benzene rings is 1. The Morgan fingerprint density at radius 3 is 2.65 bits per heavy atom. The van der Waals surface area contributed by atoms with Gasteiger partial charge < -0.3 is 14.8 Å². The zero-order valence-electron chi connectivity index (χ0n) is 11.4. The van der Waals surface area contributed by atoms with Gasteiger partial charge in [0.05, 0.1) is 13.2 Å². The van der Waals surface area contributed by atoms with Gasteiger partial charge in [-0.2, -0.15) is 0 Å². The van der Waals surface area contributed by atoms with E-state index in [0.717, 1.165) is 25.2 Å². The average Bonchev–Trinajstić information content (AvgIpc) is 2.48. The fraction of sp³-hybridized carbons (Fsp3) is 0.533. The van der Waals surface area contributed by atoms with E-state index in [2.05, 4.69) is 5.32 Å². The number of hydrogen-bond acceptors (Lipinski definition) is 3. The highest BCUT2D eigenvalue weighted by Gasteiger charge is 2.13. The van der Waals surface area contributed by atoms with Crippen molar-refractivity contribution < 1.29 is 18.7 Å². The number of rotatable bonds is 6. The van der Waals surface area contributed by atoms with Crippen molar-refractivity contribution in [1.29, 1.82) is 0 Å². The van der Waals surface area contributed by atoms with E-state index in [0.29, 0.717) is 25.8 Å². The summed E-state index contributed by atoms with van der Waals surface area (Å²) in [4.78, 5) is 11.7. The van der Waals surface area contributed by atoms with E-state index < -0.39 is 0 Å². The third kappa shape index (κ3) is 5.27. The van der Waals surface area contributed by atoms with E-state index in [9.17, 15) is 9.18 Å². The van der Waals surface area contributed by atoms with Gasteiger partial charge in [-0.1, -0.05) is 12.1 Å². The van der Waals surface area contributed by atoms with Crippen LogP contribution < -0.4 is 5.32 Å². The van der Waals surface area contributed by atoms with Crippen molar-refractivity contribution >= 4 is 5.91 Å². The second-order valence-electron chi connectivity index (χ2n) is 4.79. The molecular weight excluding hydrogens is 261 g/mol. The number of ether oxygens (including phenoxy) is 2. The standard InChI is InChI=1S/C15H20FNO3/c16-13-5-2-12(3-6-13)4-7-14(18)17-9-8-15-19-10-1-11-20-15/h2-3,5-6,15H,1,4,7-11H2,(H,17,18). The fourth-order valence-corrected chi connectivity index (χ4v) is 2.03. The first-order valence-corrected chi connectivity index (χ1v) is 6.98. The molecule has 1 aromatic carbocycles. The number of hydrogen-bond donors (Lipinski definition) is 1. The molecule has 0 bridgehead atoms. The van der Waals surface area contributed by atoms with Crippen LogP contribution in [0.3, 0.4) is 0 Å². The maximum atomic E-state index is 12.7. The largest absolute Gasteiger partial charge is 0.356 e. The molecule has 0 saturated carbocycles. The first-order chi connectivity index (χ1) is 9.74. The van der Waals surface area contributed by atoms with Crippen LogP contribution in [0, 0.1) is 5.82 Å². The Labute approximate surface area is 118 Å². The molecule has 1 heterocycles. The molecule has 0 spiro atoms. The normalized spacial score (nSPS) is 16.1. The quantitative estimate of drug-likeness (QED) is 0.868. The number of amides is 1. The summed E-state index contributed by atoms with van der Waals surface area (Å²) in [6.07, 6.45) is 2.42. The van der Waals surface area contributed by atoms with Gasteiger partial charge in [0, 0.05) is 19.4 Å². The van der Waals surface area contributed by atoms with Crippen LogP contribution in [0.5, 0.6) is 0 Å². The van der Waals surface area contributed by atoms with Crippen LogP contribution >= 0.6 is 0 Å². The summed E-state index contributed by atoms with van der Waals surface area (Å²) in [6, 6.07) is 6.22. The van der Waals surface area contributed by atoms with Crippen molar-refractivity contribution in [3.63, 3.8) is 0 Å². The van der Waals surface area contributed by atoms with Crippen LogP contribution in [0.4, 0.5) is 4.39 Å². The second-order valence-corrected chi connectivity index (χ2v) is 4.79. The predicted molar refractivity (Wildman–Crippen MR) is 72.7 cm³/mol. The molecule has 5 heteroatoms. The zero-order valence-corrected chi connectivity index (χ0v) is 11.4. The summed E-state index contributed by atoms with van der Waals surface area (Å²) >= 11 is 0. The van der Waals surface area contributed by atoms with Crippen LogP contribution in [-0.2, 0) is 20.7 Å². The minimum absolute atomic E-state index is 0.00913. The number of halogens is 1. The molecule has 1 aliphatic rings. The van der Waals surface area contributed by atoms with E-state index in [1.807, 2.05) is 0 Å². The maximum absolute atomic E-state index is 12.7. The topological polar surface area (TPSA) is 47.6 Å². The smallest absolute Gasteiger partial charge is 0.220 e. The zero-order chi connectivity index (χ0) is 14.2. The van der Waals surface area contributed by atoms with E-state index in [1.54, 1.807) is 12.1 Å². The minimum Gasteiger partial charge on any atom is -0.356 e. The summed E-state index contributed by atoms with van der Waals surface area (Å²) in [5, 5.41) is 2.84. The predicted octanol–water partition coefficient (Wildman–Crippen LogP) is 2.03. The Bertz CT molecular complexity index is 416. The third-order valence-electron chi connectivity index (χ3n) is 3.15. The van der Waals surface area contributed by atoms with Gasteiger partial charge >= 0.3 is 0 Å². The van der Waals surface area contributed by atoms with Gasteiger partial charge in [0.1, 0.15) is 5.82 Å². The average molecular weight is 281 g/mol. The highest BCUT2D eigenvalue weighted by Crippen LogP contribution is 2.08. The fourth-order valence-electron chi connectivity index (χ4n) is 2.03. The molecule has 1 aliphatic heterocycles. The number of nitrogens with one attached hydrogen (secondary N) is 1. The first-order valence-electron chi connectivity index (χ1n) is 6.98. The molecule has 1 amide bonds. The molecule has 1 saturated heterocycles. The Morgan fingerprint density at radius 1 is 1.25 bits per heavy atom. The van der Waals surface area contributed by atoms with Gasteiger partial charge in [0.15, 0.2) is 6.29 Å². The van der Waals surface area contributed by atoms with E-state index in [1.165, 1.54) is 12.1 Å². The Morgan fingerprint density at radius 2 is 1.95 bits per heavy atom. The monoisotopic (exact) mass is 281 g/mol. The lowest BCUT2D eigenvalue weighted by Gasteiger charge is -2.23. The Kier molecular flexibility index (Phi) is 5.95. The maximum Gasteiger partial charge on any atom is 0.220 e. The lowest BCUT2D eigenvalue weighted by molar-refractivity contribution is -0.180. The summed E-state index contributed by atoms with van der Waals surface area (Å²) in [6.45, 7) is 2.00. The molecule has 2 rings (SSSR count). The summed E-state index contributed by atoms with van der Waals surface area (Å²) < 4.78 is 23.5. The van der Waals surface area contributed by atoms with Crippen LogP contribution in [-0.4, -0.2) is 32.0 Å². The lowest BCUT2D eigenvalue weighted by Crippen LogP contribution is -2.31. The Hall–Kier alpha value is -1.46. The molecule has 1 aromatic rings. The van der Waals surface area contributed by atoms with Gasteiger partial charge in [0.2, 0.25) is 5.91 Å². The minimum atomic E-state index is -0.259. The van der Waals surface area contributed by atoms with Gasteiger partial charge in [0.25, 0.3) is 0 Å². The molecule has 0 atom stereocenters. The van der Waals surface area contributed by atoms with Crippen LogP contribution in [0.15, 0.2) is 24.3 Å². The van der Waals surface area contributed by atoms with Gasteiger partial charge in [-0.05, 0) is 30.5 Å². The number of carbonyl (C=O) groups excluding carboxylic acids is 1. The number of carbonyl (C=O) groups is 1. The summed E-state index contributed by atoms with van der Waals surface area (Å²) in [5.74, 6) is -0.268. The van der Waals surface area contributed by atoms with Crippen LogP contribution in [0.1, 0.15) is 24.8 Å². The first kappa shape index (κ1) is 14.9. The molecule has 1 N–H and O–H groups in total. The molecule has 1 fully saturated rings. The van der Waals surface area contributed by atoms with Gasteiger partial charge in [-0.15, -0.1) is 0 Å². The second kappa shape index (κ2) is 7.97. The molecular formula is C15H20FNO3. The van der Waals surface area contributed by atoms with Crippen molar-refractivity contribution in [2.24, 2.45) is 0 Å². The van der Waals surface area contributed by atoms with Crippen molar-refractivity contribution in [3.05, 3.63) is 35.6 Å². The molecule has 0 unspecified atom stereocenters. The van der Waals surface area contributed by atoms with Crippen LogP contribution in [0.2, 0.25) is 0 Å². The van der Waals surface area contributed by atoms with Crippen molar-refractivity contribution in [2.45, 2.75) is 32.0 Å². The van der Waals surface area contributed by atoms with E-state index in [4.69, 9.17) is 9.47 Å². The Balaban J connectivity index is 1.59. The molecule has 110 valence electrons. The third-order valence-corrected chi connectivity index (χ3v) is 3.15. The molecule has 0 radical (unpaired) electrons. The van der Waals surface area contributed by atoms with Gasteiger partial charge in [-0.3, -0.25) is 4.79 Å².